The molecule has 0 saturated carbocycles. The molecule has 1 N–H and O–H groups in total. The SMILES string of the molecule is O=C(CSc1nnc(-c2ccc(Br)cc2)n1-c1ccccc1)N/N=C/c1cccc(F)c1. The average Bonchev–Trinajstić information content (AvgIpc) is 3.23. The molecular weight excluding hydrogens is 493 g/mol. The van der Waals surface area contributed by atoms with Crippen LogP contribution in [-0.4, -0.2) is 32.6 Å². The van der Waals surface area contributed by atoms with E-state index in [2.05, 4.69) is 36.7 Å². The molecule has 0 aliphatic rings. The Hall–Kier alpha value is -3.30. The van der Waals surface area contributed by atoms with Gasteiger partial charge in [-0.15, -0.1) is 10.2 Å². The first-order chi connectivity index (χ1) is 15.6. The minimum absolute atomic E-state index is 0.0891. The number of carbonyl (C=O) groups excluding carboxylic acids is 1. The van der Waals surface area contributed by atoms with E-state index in [0.717, 1.165) is 15.7 Å². The van der Waals surface area contributed by atoms with Crippen molar-refractivity contribution < 1.29 is 9.18 Å². The van der Waals surface area contributed by atoms with Crippen LogP contribution in [0.5, 0.6) is 0 Å². The van der Waals surface area contributed by atoms with E-state index in [9.17, 15) is 9.18 Å². The zero-order valence-corrected chi connectivity index (χ0v) is 19.1. The second-order valence-electron chi connectivity index (χ2n) is 6.62. The van der Waals surface area contributed by atoms with Gasteiger partial charge < -0.3 is 0 Å². The van der Waals surface area contributed by atoms with Crippen LogP contribution >= 0.6 is 27.7 Å². The van der Waals surface area contributed by atoms with E-state index in [1.807, 2.05) is 59.2 Å². The van der Waals surface area contributed by atoms with Crippen molar-refractivity contribution in [1.29, 1.82) is 0 Å². The second kappa shape index (κ2) is 10.3. The molecule has 0 aliphatic carbocycles. The summed E-state index contributed by atoms with van der Waals surface area (Å²) in [6.45, 7) is 0. The Balaban J connectivity index is 1.49. The molecule has 1 heterocycles. The molecule has 0 bridgehead atoms. The van der Waals surface area contributed by atoms with E-state index in [1.54, 1.807) is 12.1 Å². The molecule has 6 nitrogen and oxygen atoms in total. The van der Waals surface area contributed by atoms with Crippen LogP contribution in [0.3, 0.4) is 0 Å². The highest BCUT2D eigenvalue weighted by atomic mass is 79.9. The number of benzene rings is 3. The van der Waals surface area contributed by atoms with Gasteiger partial charge in [0.2, 0.25) is 0 Å². The smallest absolute Gasteiger partial charge is 0.250 e. The Morgan fingerprint density at radius 3 is 2.59 bits per heavy atom. The standard InChI is InChI=1S/C23H17BrFN5OS/c24-18-11-9-17(10-12-18)22-28-29-23(30(22)20-7-2-1-3-8-20)32-15-21(31)27-26-14-16-5-4-6-19(25)13-16/h1-14H,15H2,(H,27,31)/b26-14+. The van der Waals surface area contributed by atoms with Crippen LogP contribution in [0, 0.1) is 5.82 Å². The quantitative estimate of drug-likeness (QED) is 0.214. The van der Waals surface area contributed by atoms with Gasteiger partial charge in [-0.2, -0.15) is 5.10 Å². The number of para-hydroxylation sites is 1. The molecule has 0 saturated heterocycles. The van der Waals surface area contributed by atoms with Crippen LogP contribution in [-0.2, 0) is 4.79 Å². The molecule has 0 fully saturated rings. The fourth-order valence-electron chi connectivity index (χ4n) is 2.89. The third kappa shape index (κ3) is 5.49. The van der Waals surface area contributed by atoms with Crippen LogP contribution in [0.2, 0.25) is 0 Å². The first-order valence-electron chi connectivity index (χ1n) is 9.57. The van der Waals surface area contributed by atoms with Crippen LogP contribution < -0.4 is 5.43 Å². The van der Waals surface area contributed by atoms with E-state index in [4.69, 9.17) is 0 Å². The number of thioether (sulfide) groups is 1. The summed E-state index contributed by atoms with van der Waals surface area (Å²) in [6.07, 6.45) is 1.39. The summed E-state index contributed by atoms with van der Waals surface area (Å²) in [5.41, 5.74) is 4.80. The van der Waals surface area contributed by atoms with Crippen molar-refractivity contribution in [2.45, 2.75) is 5.16 Å². The highest BCUT2D eigenvalue weighted by Gasteiger charge is 2.17. The minimum Gasteiger partial charge on any atom is -0.272 e. The molecule has 3 aromatic carbocycles. The number of aromatic nitrogens is 3. The first-order valence-corrected chi connectivity index (χ1v) is 11.3. The number of carbonyl (C=O) groups is 1. The summed E-state index contributed by atoms with van der Waals surface area (Å²) >= 11 is 4.70. The molecule has 4 aromatic rings. The Labute approximate surface area is 196 Å². The zero-order chi connectivity index (χ0) is 22.3. The molecule has 0 unspecified atom stereocenters. The maximum atomic E-state index is 13.2. The maximum absolute atomic E-state index is 13.2. The lowest BCUT2D eigenvalue weighted by Crippen LogP contribution is -2.20. The van der Waals surface area contributed by atoms with Gasteiger partial charge in [-0.1, -0.05) is 70.2 Å². The van der Waals surface area contributed by atoms with Crippen LogP contribution in [0.15, 0.2) is 93.6 Å². The lowest BCUT2D eigenvalue weighted by molar-refractivity contribution is -0.118. The largest absolute Gasteiger partial charge is 0.272 e. The van der Waals surface area contributed by atoms with Gasteiger partial charge in [0.15, 0.2) is 11.0 Å². The summed E-state index contributed by atoms with van der Waals surface area (Å²) in [6, 6.07) is 23.5. The predicted molar refractivity (Wildman–Crippen MR) is 127 cm³/mol. The second-order valence-corrected chi connectivity index (χ2v) is 8.48. The van der Waals surface area contributed by atoms with Crippen LogP contribution in [0.1, 0.15) is 5.56 Å². The highest BCUT2D eigenvalue weighted by Crippen LogP contribution is 2.28. The number of nitrogens with zero attached hydrogens (tertiary/aromatic N) is 4. The fourth-order valence-corrected chi connectivity index (χ4v) is 3.90. The normalized spacial score (nSPS) is 11.1. The molecule has 0 radical (unpaired) electrons. The first kappa shape index (κ1) is 21.9. The van der Waals surface area contributed by atoms with E-state index < -0.39 is 0 Å². The van der Waals surface area contributed by atoms with Crippen molar-refractivity contribution in [1.82, 2.24) is 20.2 Å². The van der Waals surface area contributed by atoms with Gasteiger partial charge >= 0.3 is 0 Å². The molecule has 9 heteroatoms. The van der Waals surface area contributed by atoms with E-state index in [-0.39, 0.29) is 17.5 Å². The van der Waals surface area contributed by atoms with Gasteiger partial charge in [-0.3, -0.25) is 9.36 Å². The molecule has 32 heavy (non-hydrogen) atoms. The Kier molecular flexibility index (Phi) is 7.08. The monoisotopic (exact) mass is 509 g/mol. The number of halogens is 2. The third-order valence-electron chi connectivity index (χ3n) is 4.33. The number of nitrogens with one attached hydrogen (secondary N) is 1. The molecule has 1 aromatic heterocycles. The number of hydrazone groups is 1. The van der Waals surface area contributed by atoms with Crippen molar-refractivity contribution in [2.75, 3.05) is 5.75 Å². The predicted octanol–water partition coefficient (Wildman–Crippen LogP) is 5.08. The summed E-state index contributed by atoms with van der Waals surface area (Å²) in [7, 11) is 0. The number of hydrogen-bond acceptors (Lipinski definition) is 5. The molecule has 160 valence electrons. The lowest BCUT2D eigenvalue weighted by atomic mass is 10.2. The summed E-state index contributed by atoms with van der Waals surface area (Å²) in [4.78, 5) is 12.3. The van der Waals surface area contributed by atoms with Crippen molar-refractivity contribution in [3.8, 4) is 17.1 Å². The highest BCUT2D eigenvalue weighted by molar-refractivity contribution is 9.10. The van der Waals surface area contributed by atoms with Crippen molar-refractivity contribution >= 4 is 39.8 Å². The molecule has 0 spiro atoms. The van der Waals surface area contributed by atoms with Crippen molar-refractivity contribution in [3.05, 3.63) is 94.7 Å². The summed E-state index contributed by atoms with van der Waals surface area (Å²) in [5, 5.41) is 13.1. The van der Waals surface area contributed by atoms with Gasteiger partial charge in [0.25, 0.3) is 5.91 Å². The van der Waals surface area contributed by atoms with Crippen LogP contribution in [0.4, 0.5) is 4.39 Å². The van der Waals surface area contributed by atoms with Crippen LogP contribution in [0.25, 0.3) is 17.1 Å². The lowest BCUT2D eigenvalue weighted by Gasteiger charge is -2.10. The van der Waals surface area contributed by atoms with Gasteiger partial charge in [0.1, 0.15) is 5.82 Å². The van der Waals surface area contributed by atoms with E-state index >= 15 is 0 Å². The van der Waals surface area contributed by atoms with Gasteiger partial charge in [0, 0.05) is 15.7 Å². The van der Waals surface area contributed by atoms with E-state index in [1.165, 1.54) is 30.1 Å². The Bertz CT molecular complexity index is 1240. The summed E-state index contributed by atoms with van der Waals surface area (Å²) in [5.74, 6) is 0.0926. The molecular formula is C23H17BrFN5OS. The van der Waals surface area contributed by atoms with Gasteiger partial charge in [-0.05, 0) is 42.0 Å². The summed E-state index contributed by atoms with van der Waals surface area (Å²) < 4.78 is 16.1. The van der Waals surface area contributed by atoms with Gasteiger partial charge in [0.05, 0.1) is 12.0 Å². The zero-order valence-electron chi connectivity index (χ0n) is 16.7. The molecule has 0 atom stereocenters. The maximum Gasteiger partial charge on any atom is 0.250 e. The van der Waals surface area contributed by atoms with E-state index in [0.29, 0.717) is 16.5 Å². The molecule has 4 rings (SSSR count). The fraction of sp³-hybridized carbons (Fsp3) is 0.0435. The van der Waals surface area contributed by atoms with Gasteiger partial charge in [-0.25, -0.2) is 9.82 Å². The average molecular weight is 510 g/mol. The minimum atomic E-state index is -0.363. The number of hydrogen-bond donors (Lipinski definition) is 1. The Morgan fingerprint density at radius 1 is 1.06 bits per heavy atom. The molecule has 0 aliphatic heterocycles. The Morgan fingerprint density at radius 2 is 1.84 bits per heavy atom. The third-order valence-corrected chi connectivity index (χ3v) is 5.79. The number of rotatable bonds is 7. The van der Waals surface area contributed by atoms with Crippen molar-refractivity contribution in [3.63, 3.8) is 0 Å². The molecule has 1 amide bonds. The topological polar surface area (TPSA) is 72.2 Å². The number of amides is 1. The van der Waals surface area contributed by atoms with Crippen molar-refractivity contribution in [2.24, 2.45) is 5.10 Å².